The average molecular weight is 471 g/mol. The summed E-state index contributed by atoms with van der Waals surface area (Å²) in [6, 6.07) is 7.62. The summed E-state index contributed by atoms with van der Waals surface area (Å²) in [6.45, 7) is 43.7. The SMILES string of the molecule is CC(C)C(C)(C)CC(C)(C)C(C)(C)c1cc(C(C)(C)C)cc(C(C)(C)C(C)(C)CC(C)(C)C)c1. The summed E-state index contributed by atoms with van der Waals surface area (Å²) in [6.07, 6.45) is 2.40. The van der Waals surface area contributed by atoms with Crippen LogP contribution in [-0.2, 0) is 16.2 Å². The summed E-state index contributed by atoms with van der Waals surface area (Å²) >= 11 is 0. The van der Waals surface area contributed by atoms with Crippen LogP contribution < -0.4 is 0 Å². The predicted molar refractivity (Wildman–Crippen MR) is 156 cm³/mol. The van der Waals surface area contributed by atoms with Crippen LogP contribution in [0, 0.1) is 27.6 Å². The zero-order valence-corrected chi connectivity index (χ0v) is 26.7. The maximum atomic E-state index is 2.57. The molecule has 0 saturated carbocycles. The fourth-order valence-electron chi connectivity index (χ4n) is 5.67. The van der Waals surface area contributed by atoms with Crippen LogP contribution in [0.1, 0.15) is 154 Å². The predicted octanol–water partition coefficient (Wildman–Crippen LogP) is 11.1. The Labute approximate surface area is 216 Å². The Morgan fingerprint density at radius 3 is 1.12 bits per heavy atom. The first-order chi connectivity index (χ1) is 14.7. The lowest BCUT2D eigenvalue weighted by Gasteiger charge is -2.49. The normalized spacial score (nSPS) is 15.3. The van der Waals surface area contributed by atoms with Crippen molar-refractivity contribution in [1.29, 1.82) is 0 Å². The lowest BCUT2D eigenvalue weighted by Crippen LogP contribution is -2.42. The molecule has 34 heavy (non-hydrogen) atoms. The number of rotatable bonds is 8. The molecule has 0 aliphatic heterocycles. The van der Waals surface area contributed by atoms with Crippen molar-refractivity contribution >= 4 is 0 Å². The van der Waals surface area contributed by atoms with Gasteiger partial charge in [-0.25, -0.2) is 0 Å². The molecule has 0 aromatic heterocycles. The van der Waals surface area contributed by atoms with Crippen molar-refractivity contribution in [2.24, 2.45) is 27.6 Å². The van der Waals surface area contributed by atoms with E-state index in [1.165, 1.54) is 29.5 Å². The third-order valence-corrected chi connectivity index (χ3v) is 10.1. The van der Waals surface area contributed by atoms with E-state index in [1.54, 1.807) is 0 Å². The molecule has 0 aliphatic carbocycles. The van der Waals surface area contributed by atoms with Gasteiger partial charge in [0.15, 0.2) is 0 Å². The molecule has 1 aromatic carbocycles. The van der Waals surface area contributed by atoms with Crippen LogP contribution in [0.15, 0.2) is 18.2 Å². The van der Waals surface area contributed by atoms with Gasteiger partial charge in [0.25, 0.3) is 0 Å². The van der Waals surface area contributed by atoms with Crippen LogP contribution in [0.3, 0.4) is 0 Å². The first-order valence-electron chi connectivity index (χ1n) is 13.8. The van der Waals surface area contributed by atoms with Gasteiger partial charge in [0.2, 0.25) is 0 Å². The Hall–Kier alpha value is -0.780. The molecule has 0 unspecified atom stereocenters. The number of hydrogen-bond donors (Lipinski definition) is 0. The zero-order valence-electron chi connectivity index (χ0n) is 26.7. The third-order valence-electron chi connectivity index (χ3n) is 10.1. The van der Waals surface area contributed by atoms with Crippen molar-refractivity contribution in [2.75, 3.05) is 0 Å². The van der Waals surface area contributed by atoms with E-state index in [1.807, 2.05) is 0 Å². The van der Waals surface area contributed by atoms with E-state index in [0.717, 1.165) is 0 Å². The van der Waals surface area contributed by atoms with E-state index in [2.05, 4.69) is 143 Å². The van der Waals surface area contributed by atoms with Gasteiger partial charge in [0.1, 0.15) is 0 Å². The highest BCUT2D eigenvalue weighted by molar-refractivity contribution is 5.42. The molecule has 0 aliphatic rings. The summed E-state index contributed by atoms with van der Waals surface area (Å²) < 4.78 is 0. The Balaban J connectivity index is 3.78. The minimum absolute atomic E-state index is 0.0550. The molecule has 0 radical (unpaired) electrons. The first-order valence-corrected chi connectivity index (χ1v) is 13.8. The maximum Gasteiger partial charge on any atom is -0.00520 e. The van der Waals surface area contributed by atoms with Crippen LogP contribution in [0.4, 0.5) is 0 Å². The Morgan fingerprint density at radius 1 is 0.500 bits per heavy atom. The molecule has 1 aromatic rings. The largest absolute Gasteiger partial charge is 0.0623 e. The minimum atomic E-state index is 0.0550. The average Bonchev–Trinajstić information content (AvgIpc) is 2.57. The van der Waals surface area contributed by atoms with Crippen LogP contribution in [0.5, 0.6) is 0 Å². The molecule has 1 rings (SSSR count). The molecule has 0 heteroatoms. The minimum Gasteiger partial charge on any atom is -0.0623 e. The highest BCUT2D eigenvalue weighted by Gasteiger charge is 2.45. The second-order valence-corrected chi connectivity index (χ2v) is 17.1. The summed E-state index contributed by atoms with van der Waals surface area (Å²) in [5, 5.41) is 0. The van der Waals surface area contributed by atoms with Gasteiger partial charge < -0.3 is 0 Å². The summed E-state index contributed by atoms with van der Waals surface area (Å²) in [5.74, 6) is 0.663. The summed E-state index contributed by atoms with van der Waals surface area (Å²) in [7, 11) is 0. The van der Waals surface area contributed by atoms with Gasteiger partial charge in [-0.1, -0.05) is 143 Å². The topological polar surface area (TPSA) is 0 Å². The highest BCUT2D eigenvalue weighted by Crippen LogP contribution is 2.53. The van der Waals surface area contributed by atoms with Crippen molar-refractivity contribution in [1.82, 2.24) is 0 Å². The Kier molecular flexibility index (Phi) is 8.52. The van der Waals surface area contributed by atoms with Gasteiger partial charge in [-0.15, -0.1) is 0 Å². The summed E-state index contributed by atoms with van der Waals surface area (Å²) in [4.78, 5) is 0. The van der Waals surface area contributed by atoms with Crippen molar-refractivity contribution in [3.8, 4) is 0 Å². The van der Waals surface area contributed by atoms with Gasteiger partial charge in [-0.05, 0) is 73.4 Å². The fraction of sp³-hybridized carbons (Fsp3) is 0.824. The van der Waals surface area contributed by atoms with Gasteiger partial charge in [0.05, 0.1) is 0 Å². The molecule has 0 bridgehead atoms. The second-order valence-electron chi connectivity index (χ2n) is 17.1. The molecule has 0 fully saturated rings. The van der Waals surface area contributed by atoms with E-state index >= 15 is 0 Å². The van der Waals surface area contributed by atoms with Crippen molar-refractivity contribution in [3.05, 3.63) is 34.9 Å². The molecule has 0 saturated heterocycles. The molecular weight excluding hydrogens is 408 g/mol. The van der Waals surface area contributed by atoms with E-state index in [4.69, 9.17) is 0 Å². The van der Waals surface area contributed by atoms with Crippen LogP contribution >= 0.6 is 0 Å². The van der Waals surface area contributed by atoms with E-state index in [0.29, 0.717) is 16.7 Å². The second kappa shape index (κ2) is 9.27. The lowest BCUT2D eigenvalue weighted by molar-refractivity contribution is 0.0802. The van der Waals surface area contributed by atoms with Crippen LogP contribution in [0.2, 0.25) is 0 Å². The van der Waals surface area contributed by atoms with E-state index < -0.39 is 0 Å². The van der Waals surface area contributed by atoms with Gasteiger partial charge in [-0.2, -0.15) is 0 Å². The van der Waals surface area contributed by atoms with E-state index in [-0.39, 0.29) is 27.1 Å². The molecule has 198 valence electrons. The molecule has 0 N–H and O–H groups in total. The third kappa shape index (κ3) is 6.70. The number of benzene rings is 1. The van der Waals surface area contributed by atoms with Gasteiger partial charge >= 0.3 is 0 Å². The standard InChI is InChI=1S/C34H62/c1-24(2)30(9,10)23-32(13,14)34(17,18)27-20-25(29(6,7)8)19-26(21-27)33(15,16)31(11,12)22-28(3,4)5/h19-21,24H,22-23H2,1-18H3. The molecule has 0 atom stereocenters. The van der Waals surface area contributed by atoms with Gasteiger partial charge in [-0.3, -0.25) is 0 Å². The van der Waals surface area contributed by atoms with Crippen LogP contribution in [-0.4, -0.2) is 0 Å². The summed E-state index contributed by atoms with van der Waals surface area (Å²) in [5.41, 5.74) is 5.65. The first kappa shape index (κ1) is 31.3. The van der Waals surface area contributed by atoms with E-state index in [9.17, 15) is 0 Å². The molecule has 0 heterocycles. The lowest BCUT2D eigenvalue weighted by atomic mass is 9.55. The quantitative estimate of drug-likeness (QED) is 0.354. The Morgan fingerprint density at radius 2 is 0.824 bits per heavy atom. The molecule has 0 amide bonds. The van der Waals surface area contributed by atoms with Crippen molar-refractivity contribution in [3.63, 3.8) is 0 Å². The van der Waals surface area contributed by atoms with Gasteiger partial charge in [0, 0.05) is 0 Å². The fourth-order valence-corrected chi connectivity index (χ4v) is 5.67. The van der Waals surface area contributed by atoms with Crippen molar-refractivity contribution in [2.45, 2.75) is 154 Å². The van der Waals surface area contributed by atoms with Crippen LogP contribution in [0.25, 0.3) is 0 Å². The smallest absolute Gasteiger partial charge is 0.00520 e. The molecular formula is C34H62. The highest BCUT2D eigenvalue weighted by atomic mass is 14.5. The monoisotopic (exact) mass is 470 g/mol. The number of hydrogen-bond acceptors (Lipinski definition) is 0. The zero-order chi connectivity index (χ0) is 27.3. The maximum absolute atomic E-state index is 2.57. The molecule has 0 nitrogen and oxygen atoms in total. The van der Waals surface area contributed by atoms with Crippen molar-refractivity contribution < 1.29 is 0 Å². The Bertz CT molecular complexity index is 826. The molecule has 0 spiro atoms.